The van der Waals surface area contributed by atoms with E-state index in [4.69, 9.17) is 45.3 Å². The smallest absolute Gasteiger partial charge is 0.367 e. The maximum atomic E-state index is 11.1. The third-order valence-corrected chi connectivity index (χ3v) is 3.49. The Kier molecular flexibility index (Phi) is 6.73. The fourth-order valence-corrected chi connectivity index (χ4v) is 1.86. The van der Waals surface area contributed by atoms with Crippen molar-refractivity contribution in [3.63, 3.8) is 0 Å². The van der Waals surface area contributed by atoms with Gasteiger partial charge in [-0.25, -0.2) is 4.79 Å². The molecule has 0 aliphatic rings. The predicted octanol–water partition coefficient (Wildman–Crippen LogP) is 3.89. The van der Waals surface area contributed by atoms with Gasteiger partial charge in [0.1, 0.15) is 12.4 Å². The van der Waals surface area contributed by atoms with E-state index in [0.29, 0.717) is 22.9 Å². The summed E-state index contributed by atoms with van der Waals surface area (Å²) in [5, 5.41) is 4.14. The summed E-state index contributed by atoms with van der Waals surface area (Å²) in [6.45, 7) is 0.407. The van der Waals surface area contributed by atoms with E-state index in [1.54, 1.807) is 36.4 Å². The monoisotopic (exact) mass is 386 g/mol. The van der Waals surface area contributed by atoms with E-state index in [-0.39, 0.29) is 5.84 Å². The number of hydrogen-bond donors (Lipinski definition) is 1. The average molecular weight is 388 g/mol. The Bertz CT molecular complexity index is 716. The molecule has 0 radical (unpaired) electrons. The second-order valence-corrected chi connectivity index (χ2v) is 6.16. The molecule has 5 nitrogen and oxygen atoms in total. The van der Waals surface area contributed by atoms with Gasteiger partial charge in [0.15, 0.2) is 5.84 Å². The number of rotatable bonds is 6. The highest BCUT2D eigenvalue weighted by atomic mass is 35.5. The van der Waals surface area contributed by atoms with E-state index in [2.05, 4.69) is 9.99 Å². The first-order chi connectivity index (χ1) is 11.5. The quantitative estimate of drug-likeness (QED) is 0.268. The Morgan fingerprint density at radius 3 is 2.29 bits per heavy atom. The van der Waals surface area contributed by atoms with Crippen molar-refractivity contribution in [3.8, 4) is 5.75 Å². The van der Waals surface area contributed by atoms with Gasteiger partial charge in [0.05, 0.1) is 0 Å². The van der Waals surface area contributed by atoms with E-state index < -0.39 is 10.8 Å². The van der Waals surface area contributed by atoms with Gasteiger partial charge < -0.3 is 15.3 Å². The molecular formula is C16H13Cl3N2O3. The molecule has 2 rings (SSSR count). The first-order valence-electron chi connectivity index (χ1n) is 6.76. The number of benzene rings is 2. The van der Waals surface area contributed by atoms with Crippen molar-refractivity contribution in [1.29, 1.82) is 0 Å². The Morgan fingerprint density at radius 1 is 1.08 bits per heavy atom. The number of carbonyl (C=O) groups excluding carboxylic acids is 1. The summed E-state index contributed by atoms with van der Waals surface area (Å²) in [4.78, 5) is 14.3. The van der Waals surface area contributed by atoms with Gasteiger partial charge in [-0.1, -0.05) is 52.1 Å². The third-order valence-electron chi connectivity index (χ3n) is 2.88. The van der Waals surface area contributed by atoms with Crippen LogP contribution in [-0.2, 0) is 16.2 Å². The summed E-state index contributed by atoms with van der Waals surface area (Å²) >= 11 is 16.5. The molecule has 0 atom stereocenters. The number of alkyl halides is 2. The fourth-order valence-electron chi connectivity index (χ4n) is 1.66. The molecule has 0 spiro atoms. The fraction of sp³-hybridized carbons (Fsp3) is 0.125. The second kappa shape index (κ2) is 8.78. The maximum absolute atomic E-state index is 11.1. The standard InChI is InChI=1S/C16H13Cl3N2O3/c17-12-5-1-10(2-6-12)9-23-13-7-3-11(4-8-13)15(20)21-24-16(22)14(18)19/h1-8,14H,9H2,(H2,20,21). The van der Waals surface area contributed by atoms with Gasteiger partial charge in [-0.2, -0.15) is 0 Å². The van der Waals surface area contributed by atoms with Crippen molar-refractivity contribution in [2.75, 3.05) is 0 Å². The molecule has 24 heavy (non-hydrogen) atoms. The zero-order chi connectivity index (χ0) is 17.5. The molecule has 0 heterocycles. The Morgan fingerprint density at radius 2 is 1.71 bits per heavy atom. The SMILES string of the molecule is N/C(=N/OC(=O)C(Cl)Cl)c1ccc(OCc2ccc(Cl)cc2)cc1. The van der Waals surface area contributed by atoms with Crippen LogP contribution in [0.5, 0.6) is 5.75 Å². The van der Waals surface area contributed by atoms with Crippen LogP contribution in [0, 0.1) is 0 Å². The molecular weight excluding hydrogens is 375 g/mol. The lowest BCUT2D eigenvalue weighted by Crippen LogP contribution is -2.17. The van der Waals surface area contributed by atoms with Crippen LogP contribution in [0.3, 0.4) is 0 Å². The van der Waals surface area contributed by atoms with E-state index in [0.717, 1.165) is 5.56 Å². The molecule has 126 valence electrons. The molecule has 0 aliphatic heterocycles. The predicted molar refractivity (Wildman–Crippen MR) is 94.5 cm³/mol. The lowest BCUT2D eigenvalue weighted by molar-refractivity contribution is -0.141. The van der Waals surface area contributed by atoms with E-state index in [1.165, 1.54) is 0 Å². The number of nitrogens with two attached hydrogens (primary N) is 1. The Labute approximate surface area is 153 Å². The molecule has 8 heteroatoms. The Hall–Kier alpha value is -1.95. The van der Waals surface area contributed by atoms with E-state index in [9.17, 15) is 4.79 Å². The van der Waals surface area contributed by atoms with Gasteiger partial charge in [-0.05, 0) is 42.0 Å². The summed E-state index contributed by atoms with van der Waals surface area (Å²) in [6, 6.07) is 14.2. The molecule has 0 aliphatic carbocycles. The van der Waals surface area contributed by atoms with Crippen LogP contribution < -0.4 is 10.5 Å². The van der Waals surface area contributed by atoms with Gasteiger partial charge >= 0.3 is 5.97 Å². The lowest BCUT2D eigenvalue weighted by Gasteiger charge is -2.07. The second-order valence-electron chi connectivity index (χ2n) is 4.63. The van der Waals surface area contributed by atoms with E-state index in [1.807, 2.05) is 12.1 Å². The zero-order valence-corrected chi connectivity index (χ0v) is 14.6. The number of halogens is 3. The van der Waals surface area contributed by atoms with Crippen LogP contribution >= 0.6 is 34.8 Å². The van der Waals surface area contributed by atoms with Crippen LogP contribution in [0.4, 0.5) is 0 Å². The van der Waals surface area contributed by atoms with Crippen molar-refractivity contribution in [1.82, 2.24) is 0 Å². The van der Waals surface area contributed by atoms with Crippen LogP contribution in [0.25, 0.3) is 0 Å². The number of ether oxygens (including phenoxy) is 1. The van der Waals surface area contributed by atoms with Gasteiger partial charge in [-0.15, -0.1) is 0 Å². The van der Waals surface area contributed by atoms with Crippen molar-refractivity contribution < 1.29 is 14.4 Å². The molecule has 0 saturated heterocycles. The normalized spacial score (nSPS) is 11.4. The topological polar surface area (TPSA) is 73.9 Å². The van der Waals surface area contributed by atoms with Gasteiger partial charge in [-0.3, -0.25) is 0 Å². The van der Waals surface area contributed by atoms with Crippen LogP contribution in [0.15, 0.2) is 53.7 Å². The summed E-state index contributed by atoms with van der Waals surface area (Å²) in [6.07, 6.45) is 0. The highest BCUT2D eigenvalue weighted by Crippen LogP contribution is 2.16. The summed E-state index contributed by atoms with van der Waals surface area (Å²) < 4.78 is 5.65. The van der Waals surface area contributed by atoms with Crippen molar-refractivity contribution in [2.24, 2.45) is 10.9 Å². The minimum absolute atomic E-state index is 0.0154. The van der Waals surface area contributed by atoms with Crippen LogP contribution in [0.1, 0.15) is 11.1 Å². The molecule has 2 aromatic rings. The molecule has 0 fully saturated rings. The molecule has 0 saturated carbocycles. The first-order valence-corrected chi connectivity index (χ1v) is 8.01. The molecule has 0 unspecified atom stereocenters. The highest BCUT2D eigenvalue weighted by molar-refractivity contribution is 6.52. The molecule has 2 N–H and O–H groups in total. The maximum Gasteiger partial charge on any atom is 0.367 e. The number of nitrogens with zero attached hydrogens (tertiary/aromatic N) is 1. The molecule has 2 aromatic carbocycles. The van der Waals surface area contributed by atoms with Crippen molar-refractivity contribution in [3.05, 3.63) is 64.7 Å². The van der Waals surface area contributed by atoms with Crippen LogP contribution in [-0.4, -0.2) is 16.6 Å². The highest BCUT2D eigenvalue weighted by Gasteiger charge is 2.13. The summed E-state index contributed by atoms with van der Waals surface area (Å²) in [5.41, 5.74) is 7.26. The van der Waals surface area contributed by atoms with Crippen LogP contribution in [0.2, 0.25) is 5.02 Å². The van der Waals surface area contributed by atoms with Crippen molar-refractivity contribution >= 4 is 46.6 Å². The minimum Gasteiger partial charge on any atom is -0.489 e. The van der Waals surface area contributed by atoms with Gasteiger partial charge in [0, 0.05) is 10.6 Å². The number of carbonyl (C=O) groups is 1. The van der Waals surface area contributed by atoms with Crippen molar-refractivity contribution in [2.45, 2.75) is 11.4 Å². The molecule has 0 aromatic heterocycles. The van der Waals surface area contributed by atoms with Gasteiger partial charge in [0.2, 0.25) is 4.84 Å². The number of amidine groups is 1. The largest absolute Gasteiger partial charge is 0.489 e. The average Bonchev–Trinajstić information content (AvgIpc) is 2.59. The van der Waals surface area contributed by atoms with E-state index >= 15 is 0 Å². The number of oxime groups is 1. The molecule has 0 amide bonds. The minimum atomic E-state index is -1.31. The first kappa shape index (κ1) is 18.4. The summed E-state index contributed by atoms with van der Waals surface area (Å²) in [5.74, 6) is -0.231. The molecule has 0 bridgehead atoms. The lowest BCUT2D eigenvalue weighted by atomic mass is 10.2. The number of hydrogen-bond acceptors (Lipinski definition) is 4. The Balaban J connectivity index is 1.93. The van der Waals surface area contributed by atoms with Gasteiger partial charge in [0.25, 0.3) is 0 Å². The summed E-state index contributed by atoms with van der Waals surface area (Å²) in [7, 11) is 0. The third kappa shape index (κ3) is 5.60. The zero-order valence-electron chi connectivity index (χ0n) is 12.3.